The molecule has 0 spiro atoms. The van der Waals surface area contributed by atoms with E-state index in [9.17, 15) is 9.59 Å². The van der Waals surface area contributed by atoms with Crippen LogP contribution in [0, 0.1) is 20.8 Å². The second-order valence-electron chi connectivity index (χ2n) is 7.57. The summed E-state index contributed by atoms with van der Waals surface area (Å²) in [5.41, 5.74) is 4.61. The lowest BCUT2D eigenvalue weighted by molar-refractivity contribution is -0.113. The lowest BCUT2D eigenvalue weighted by Gasteiger charge is -2.13. The number of nitrogens with one attached hydrogen (secondary N) is 2. The molecular formula is C24H26BrN5O2S. The van der Waals surface area contributed by atoms with E-state index in [0.717, 1.165) is 26.9 Å². The Morgan fingerprint density at radius 2 is 1.85 bits per heavy atom. The van der Waals surface area contributed by atoms with E-state index in [1.54, 1.807) is 18.2 Å². The van der Waals surface area contributed by atoms with Crippen LogP contribution in [-0.4, -0.2) is 32.3 Å². The van der Waals surface area contributed by atoms with Gasteiger partial charge in [0.1, 0.15) is 0 Å². The van der Waals surface area contributed by atoms with Crippen LogP contribution in [-0.2, 0) is 17.9 Å². The van der Waals surface area contributed by atoms with Gasteiger partial charge in [-0.25, -0.2) is 0 Å². The fourth-order valence-electron chi connectivity index (χ4n) is 3.45. The Morgan fingerprint density at radius 3 is 2.52 bits per heavy atom. The van der Waals surface area contributed by atoms with Crippen LogP contribution in [0.2, 0.25) is 0 Å². The van der Waals surface area contributed by atoms with Gasteiger partial charge >= 0.3 is 0 Å². The fraction of sp³-hybridized carbons (Fsp3) is 0.250. The summed E-state index contributed by atoms with van der Waals surface area (Å²) < 4.78 is 2.56. The minimum absolute atomic E-state index is 0.119. The smallest absolute Gasteiger partial charge is 0.252 e. The Balaban J connectivity index is 1.64. The maximum absolute atomic E-state index is 12.6. The highest BCUT2D eigenvalue weighted by atomic mass is 79.9. The number of halogens is 1. The van der Waals surface area contributed by atoms with Gasteiger partial charge < -0.3 is 15.2 Å². The van der Waals surface area contributed by atoms with Crippen LogP contribution in [0.25, 0.3) is 0 Å². The first-order chi connectivity index (χ1) is 15.8. The summed E-state index contributed by atoms with van der Waals surface area (Å²) in [5, 5.41) is 14.9. The molecular weight excluding hydrogens is 502 g/mol. The number of thioether (sulfide) groups is 1. The molecule has 172 valence electrons. The largest absolute Gasteiger partial charge is 0.345 e. The van der Waals surface area contributed by atoms with E-state index in [0.29, 0.717) is 23.1 Å². The van der Waals surface area contributed by atoms with Gasteiger partial charge in [-0.15, -0.1) is 16.8 Å². The summed E-state index contributed by atoms with van der Waals surface area (Å²) in [5.74, 6) is 0.439. The number of aryl methyl sites for hydroxylation is 3. The Kier molecular flexibility index (Phi) is 8.46. The van der Waals surface area contributed by atoms with Gasteiger partial charge in [-0.3, -0.25) is 9.59 Å². The van der Waals surface area contributed by atoms with Gasteiger partial charge in [0, 0.05) is 16.7 Å². The SMILES string of the molecule is C=CCn1c(CNC(=O)c2ccccc2Br)nnc1SCC(=O)Nc1c(C)cc(C)cc1C. The lowest BCUT2D eigenvalue weighted by Crippen LogP contribution is -2.25. The van der Waals surface area contributed by atoms with E-state index >= 15 is 0 Å². The highest BCUT2D eigenvalue weighted by molar-refractivity contribution is 9.10. The highest BCUT2D eigenvalue weighted by Gasteiger charge is 2.16. The predicted octanol–water partition coefficient (Wildman–Crippen LogP) is 4.81. The summed E-state index contributed by atoms with van der Waals surface area (Å²) in [7, 11) is 0. The number of rotatable bonds is 9. The molecule has 0 radical (unpaired) electrons. The average Bonchev–Trinajstić information content (AvgIpc) is 3.15. The van der Waals surface area contributed by atoms with Gasteiger partial charge in [0.25, 0.3) is 5.91 Å². The van der Waals surface area contributed by atoms with E-state index in [2.05, 4.69) is 43.3 Å². The van der Waals surface area contributed by atoms with E-state index in [1.807, 2.05) is 49.6 Å². The van der Waals surface area contributed by atoms with E-state index in [-0.39, 0.29) is 24.1 Å². The first kappa shape index (κ1) is 24.7. The maximum Gasteiger partial charge on any atom is 0.252 e. The van der Waals surface area contributed by atoms with Gasteiger partial charge in [0.2, 0.25) is 5.91 Å². The zero-order valence-electron chi connectivity index (χ0n) is 18.8. The fourth-order valence-corrected chi connectivity index (χ4v) is 4.68. The lowest BCUT2D eigenvalue weighted by atomic mass is 10.1. The van der Waals surface area contributed by atoms with Crippen LogP contribution in [0.4, 0.5) is 5.69 Å². The Morgan fingerprint density at radius 1 is 1.15 bits per heavy atom. The van der Waals surface area contributed by atoms with Crippen molar-refractivity contribution in [2.75, 3.05) is 11.1 Å². The number of carbonyl (C=O) groups excluding carboxylic acids is 2. The number of aromatic nitrogens is 3. The number of hydrogen-bond donors (Lipinski definition) is 2. The molecule has 2 N–H and O–H groups in total. The number of hydrogen-bond acceptors (Lipinski definition) is 5. The zero-order valence-corrected chi connectivity index (χ0v) is 21.2. The Bertz CT molecular complexity index is 1170. The van der Waals surface area contributed by atoms with Crippen molar-refractivity contribution >= 4 is 45.2 Å². The van der Waals surface area contributed by atoms with E-state index < -0.39 is 0 Å². The maximum atomic E-state index is 12.6. The summed E-state index contributed by atoms with van der Waals surface area (Å²) in [4.78, 5) is 25.1. The Hall–Kier alpha value is -2.91. The molecule has 9 heteroatoms. The molecule has 2 amide bonds. The average molecular weight is 528 g/mol. The number of amides is 2. The quantitative estimate of drug-likeness (QED) is 0.307. The molecule has 1 aromatic heterocycles. The molecule has 0 aliphatic rings. The van der Waals surface area contributed by atoms with Gasteiger partial charge in [0.05, 0.1) is 17.9 Å². The third-order valence-electron chi connectivity index (χ3n) is 4.90. The molecule has 7 nitrogen and oxygen atoms in total. The number of allylic oxidation sites excluding steroid dienone is 1. The van der Waals surface area contributed by atoms with Crippen molar-refractivity contribution in [3.05, 3.63) is 81.6 Å². The first-order valence-electron chi connectivity index (χ1n) is 10.4. The van der Waals surface area contributed by atoms with Crippen molar-refractivity contribution in [3.8, 4) is 0 Å². The molecule has 0 aliphatic heterocycles. The predicted molar refractivity (Wildman–Crippen MR) is 136 cm³/mol. The minimum Gasteiger partial charge on any atom is -0.345 e. The van der Waals surface area contributed by atoms with Crippen molar-refractivity contribution in [1.82, 2.24) is 20.1 Å². The molecule has 0 saturated heterocycles. The second kappa shape index (κ2) is 11.3. The van der Waals surface area contributed by atoms with Gasteiger partial charge in [-0.05, 0) is 60.0 Å². The van der Waals surface area contributed by atoms with Crippen molar-refractivity contribution < 1.29 is 9.59 Å². The van der Waals surface area contributed by atoms with E-state index in [1.165, 1.54) is 11.8 Å². The molecule has 2 aromatic carbocycles. The summed E-state index contributed by atoms with van der Waals surface area (Å²) in [6.45, 7) is 10.5. The number of anilines is 1. The molecule has 0 bridgehead atoms. The second-order valence-corrected chi connectivity index (χ2v) is 9.37. The standard InChI is InChI=1S/C24H26BrN5O2S/c1-5-10-30-20(13-26-23(32)18-8-6-7-9-19(18)25)28-29-24(30)33-14-21(31)27-22-16(3)11-15(2)12-17(22)4/h5-9,11-12H,1,10,13-14H2,2-4H3,(H,26,32)(H,27,31). The number of benzene rings is 2. The van der Waals surface area contributed by atoms with E-state index in [4.69, 9.17) is 0 Å². The molecule has 3 rings (SSSR count). The van der Waals surface area contributed by atoms with Crippen LogP contribution in [0.3, 0.4) is 0 Å². The molecule has 0 fully saturated rings. The molecule has 33 heavy (non-hydrogen) atoms. The highest BCUT2D eigenvalue weighted by Crippen LogP contribution is 2.23. The van der Waals surface area contributed by atoms with Crippen LogP contribution in [0.15, 0.2) is 58.7 Å². The van der Waals surface area contributed by atoms with Gasteiger partial charge in [0.15, 0.2) is 11.0 Å². The molecule has 0 unspecified atom stereocenters. The Labute approximate surface area is 206 Å². The van der Waals surface area contributed by atoms with Crippen molar-refractivity contribution in [1.29, 1.82) is 0 Å². The molecule has 0 aliphatic carbocycles. The van der Waals surface area contributed by atoms with Gasteiger partial charge in [-0.2, -0.15) is 0 Å². The summed E-state index contributed by atoms with van der Waals surface area (Å²) in [6, 6.07) is 11.3. The normalized spacial score (nSPS) is 10.7. The molecule has 0 saturated carbocycles. The molecule has 1 heterocycles. The minimum atomic E-state index is -0.215. The van der Waals surface area contributed by atoms with Crippen LogP contribution >= 0.6 is 27.7 Å². The first-order valence-corrected chi connectivity index (χ1v) is 12.1. The van der Waals surface area contributed by atoms with Crippen LogP contribution < -0.4 is 10.6 Å². The van der Waals surface area contributed by atoms with Gasteiger partial charge in [-0.1, -0.05) is 47.7 Å². The zero-order chi connectivity index (χ0) is 24.0. The third kappa shape index (κ3) is 6.33. The van der Waals surface area contributed by atoms with Crippen molar-refractivity contribution in [3.63, 3.8) is 0 Å². The molecule has 0 atom stereocenters. The summed E-state index contributed by atoms with van der Waals surface area (Å²) >= 11 is 4.68. The van der Waals surface area contributed by atoms with Crippen LogP contribution in [0.5, 0.6) is 0 Å². The molecule has 3 aromatic rings. The van der Waals surface area contributed by atoms with Crippen LogP contribution in [0.1, 0.15) is 32.9 Å². The topological polar surface area (TPSA) is 88.9 Å². The number of nitrogens with zero attached hydrogens (tertiary/aromatic N) is 3. The third-order valence-corrected chi connectivity index (χ3v) is 6.56. The van der Waals surface area contributed by atoms with Crippen molar-refractivity contribution in [2.45, 2.75) is 39.0 Å². The number of carbonyl (C=O) groups is 2. The monoisotopic (exact) mass is 527 g/mol. The summed E-state index contributed by atoms with van der Waals surface area (Å²) in [6.07, 6.45) is 1.73. The van der Waals surface area contributed by atoms with Crippen molar-refractivity contribution in [2.24, 2.45) is 0 Å².